The van der Waals surface area contributed by atoms with Crippen LogP contribution in [0, 0.1) is 5.41 Å². The van der Waals surface area contributed by atoms with Crippen LogP contribution in [0.25, 0.3) is 0 Å². The summed E-state index contributed by atoms with van der Waals surface area (Å²) in [4.78, 5) is 10.8. The van der Waals surface area contributed by atoms with Gasteiger partial charge in [-0.15, -0.1) is 10.2 Å². The van der Waals surface area contributed by atoms with Crippen molar-refractivity contribution < 1.29 is 4.79 Å². The molecule has 1 aromatic rings. The smallest absolute Gasteiger partial charge is 0.133 e. The van der Waals surface area contributed by atoms with Crippen LogP contribution in [0.4, 0.5) is 0 Å². The molecule has 0 aromatic carbocycles. The maximum Gasteiger partial charge on any atom is 0.133 e. The van der Waals surface area contributed by atoms with E-state index in [1.165, 1.54) is 0 Å². The van der Waals surface area contributed by atoms with Crippen molar-refractivity contribution >= 4 is 6.29 Å². The zero-order valence-electron chi connectivity index (χ0n) is 8.32. The maximum atomic E-state index is 10.8. The fourth-order valence-corrected chi connectivity index (χ4v) is 1.08. The summed E-state index contributed by atoms with van der Waals surface area (Å²) in [6, 6.07) is 0. The predicted octanol–water partition coefficient (Wildman–Crippen LogP) is 0.973. The fraction of sp³-hybridized carbons (Fsp3) is 0.667. The van der Waals surface area contributed by atoms with E-state index in [0.717, 1.165) is 18.5 Å². The number of nitrogens with zero attached hydrogens (tertiary/aromatic N) is 3. The van der Waals surface area contributed by atoms with Crippen LogP contribution in [0.1, 0.15) is 26.1 Å². The maximum absolute atomic E-state index is 10.8. The molecule has 1 unspecified atom stereocenters. The molecular weight excluding hydrogens is 166 g/mol. The van der Waals surface area contributed by atoms with E-state index in [2.05, 4.69) is 10.2 Å². The molecule has 1 heterocycles. The summed E-state index contributed by atoms with van der Waals surface area (Å²) in [7, 11) is 1.89. The van der Waals surface area contributed by atoms with Crippen LogP contribution in [0.2, 0.25) is 0 Å². The average molecular weight is 181 g/mol. The lowest BCUT2D eigenvalue weighted by atomic mass is 9.85. The van der Waals surface area contributed by atoms with Gasteiger partial charge in [0.25, 0.3) is 0 Å². The number of carbonyl (C=O) groups is 1. The molecule has 0 aliphatic rings. The zero-order valence-corrected chi connectivity index (χ0v) is 8.32. The lowest BCUT2D eigenvalue weighted by Crippen LogP contribution is -2.22. The van der Waals surface area contributed by atoms with E-state index in [9.17, 15) is 4.79 Å². The molecule has 0 saturated heterocycles. The van der Waals surface area contributed by atoms with Crippen molar-refractivity contribution in [3.8, 4) is 0 Å². The Labute approximate surface area is 78.0 Å². The van der Waals surface area contributed by atoms with Gasteiger partial charge in [0, 0.05) is 18.9 Å². The van der Waals surface area contributed by atoms with Crippen LogP contribution in [-0.4, -0.2) is 21.1 Å². The SMILES string of the molecule is CCC(C)(C=O)Cc1nncn1C. The highest BCUT2D eigenvalue weighted by Crippen LogP contribution is 2.22. The Kier molecular flexibility index (Phi) is 2.80. The number of aromatic nitrogens is 3. The number of aryl methyl sites for hydroxylation is 1. The van der Waals surface area contributed by atoms with Crippen LogP contribution in [0.3, 0.4) is 0 Å². The molecule has 4 heteroatoms. The molecule has 0 bridgehead atoms. The lowest BCUT2D eigenvalue weighted by molar-refractivity contribution is -0.115. The molecule has 1 rings (SSSR count). The third-order valence-corrected chi connectivity index (χ3v) is 2.46. The highest BCUT2D eigenvalue weighted by atomic mass is 16.1. The van der Waals surface area contributed by atoms with Crippen LogP contribution >= 0.6 is 0 Å². The molecule has 72 valence electrons. The minimum Gasteiger partial charge on any atom is -0.321 e. The third-order valence-electron chi connectivity index (χ3n) is 2.46. The van der Waals surface area contributed by atoms with Gasteiger partial charge in [0.2, 0.25) is 0 Å². The Balaban J connectivity index is 2.78. The highest BCUT2D eigenvalue weighted by Gasteiger charge is 2.23. The number of aldehydes is 1. The van der Waals surface area contributed by atoms with Gasteiger partial charge in [-0.05, 0) is 6.42 Å². The first-order valence-corrected chi connectivity index (χ1v) is 4.40. The van der Waals surface area contributed by atoms with Gasteiger partial charge < -0.3 is 9.36 Å². The van der Waals surface area contributed by atoms with Crippen molar-refractivity contribution in [3.63, 3.8) is 0 Å². The second kappa shape index (κ2) is 3.68. The molecule has 0 fully saturated rings. The van der Waals surface area contributed by atoms with Crippen molar-refractivity contribution in [2.24, 2.45) is 12.5 Å². The summed E-state index contributed by atoms with van der Waals surface area (Å²) >= 11 is 0. The summed E-state index contributed by atoms with van der Waals surface area (Å²) in [6.07, 6.45) is 4.13. The van der Waals surface area contributed by atoms with Gasteiger partial charge in [0.1, 0.15) is 18.4 Å². The Morgan fingerprint density at radius 2 is 2.38 bits per heavy atom. The van der Waals surface area contributed by atoms with E-state index in [1.54, 1.807) is 6.33 Å². The van der Waals surface area contributed by atoms with E-state index >= 15 is 0 Å². The summed E-state index contributed by atoms with van der Waals surface area (Å²) < 4.78 is 1.84. The van der Waals surface area contributed by atoms with Gasteiger partial charge in [0.05, 0.1) is 0 Å². The number of rotatable bonds is 4. The minimum atomic E-state index is -0.305. The zero-order chi connectivity index (χ0) is 9.90. The number of hydrogen-bond donors (Lipinski definition) is 0. The predicted molar refractivity (Wildman–Crippen MR) is 49.2 cm³/mol. The third kappa shape index (κ3) is 2.14. The van der Waals surface area contributed by atoms with E-state index in [4.69, 9.17) is 0 Å². The molecule has 0 aliphatic heterocycles. The first kappa shape index (κ1) is 9.89. The number of carbonyl (C=O) groups excluding carboxylic acids is 1. The van der Waals surface area contributed by atoms with Gasteiger partial charge in [-0.2, -0.15) is 0 Å². The van der Waals surface area contributed by atoms with Gasteiger partial charge >= 0.3 is 0 Å². The van der Waals surface area contributed by atoms with E-state index < -0.39 is 0 Å². The topological polar surface area (TPSA) is 47.8 Å². The summed E-state index contributed by atoms with van der Waals surface area (Å²) in [5, 5.41) is 7.72. The Hall–Kier alpha value is -1.19. The Morgan fingerprint density at radius 3 is 2.77 bits per heavy atom. The standard InChI is InChI=1S/C9H15N3O/c1-4-9(2,6-13)5-8-11-10-7-12(8)3/h6-7H,4-5H2,1-3H3. The second-order valence-electron chi connectivity index (χ2n) is 3.66. The first-order valence-electron chi connectivity index (χ1n) is 4.40. The quantitative estimate of drug-likeness (QED) is 0.650. The monoisotopic (exact) mass is 181 g/mol. The summed E-state index contributed by atoms with van der Waals surface area (Å²) in [5.41, 5.74) is -0.305. The largest absolute Gasteiger partial charge is 0.321 e. The summed E-state index contributed by atoms with van der Waals surface area (Å²) in [5.74, 6) is 0.858. The number of hydrogen-bond acceptors (Lipinski definition) is 3. The fourth-order valence-electron chi connectivity index (χ4n) is 1.08. The average Bonchev–Trinajstić information content (AvgIpc) is 2.52. The molecule has 0 N–H and O–H groups in total. The van der Waals surface area contributed by atoms with Gasteiger partial charge in [-0.25, -0.2) is 0 Å². The van der Waals surface area contributed by atoms with Crippen molar-refractivity contribution in [1.29, 1.82) is 0 Å². The molecule has 0 saturated carbocycles. The molecule has 1 atom stereocenters. The van der Waals surface area contributed by atoms with Gasteiger partial charge in [0.15, 0.2) is 0 Å². The summed E-state index contributed by atoms with van der Waals surface area (Å²) in [6.45, 7) is 3.94. The van der Waals surface area contributed by atoms with Crippen LogP contribution in [0.5, 0.6) is 0 Å². The van der Waals surface area contributed by atoms with Crippen molar-refractivity contribution in [1.82, 2.24) is 14.8 Å². The Bertz CT molecular complexity index is 295. The molecule has 4 nitrogen and oxygen atoms in total. The second-order valence-corrected chi connectivity index (χ2v) is 3.66. The normalized spacial score (nSPS) is 15.3. The molecule has 13 heavy (non-hydrogen) atoms. The molecule has 1 aromatic heterocycles. The van der Waals surface area contributed by atoms with Crippen LogP contribution in [0.15, 0.2) is 6.33 Å². The van der Waals surface area contributed by atoms with E-state index in [1.807, 2.05) is 25.5 Å². The first-order chi connectivity index (χ1) is 6.11. The lowest BCUT2D eigenvalue weighted by Gasteiger charge is -2.19. The molecule has 0 spiro atoms. The van der Waals surface area contributed by atoms with E-state index in [0.29, 0.717) is 6.42 Å². The molecule has 0 radical (unpaired) electrons. The van der Waals surface area contributed by atoms with Crippen molar-refractivity contribution in [2.45, 2.75) is 26.7 Å². The van der Waals surface area contributed by atoms with Crippen LogP contribution in [-0.2, 0) is 18.3 Å². The van der Waals surface area contributed by atoms with E-state index in [-0.39, 0.29) is 5.41 Å². The van der Waals surface area contributed by atoms with Crippen LogP contribution < -0.4 is 0 Å². The molecule has 0 aliphatic carbocycles. The Morgan fingerprint density at radius 1 is 1.69 bits per heavy atom. The van der Waals surface area contributed by atoms with Gasteiger partial charge in [-0.3, -0.25) is 0 Å². The van der Waals surface area contributed by atoms with Crippen molar-refractivity contribution in [3.05, 3.63) is 12.2 Å². The molecule has 0 amide bonds. The van der Waals surface area contributed by atoms with Crippen molar-refractivity contribution in [2.75, 3.05) is 0 Å². The van der Waals surface area contributed by atoms with Gasteiger partial charge in [-0.1, -0.05) is 13.8 Å². The molecular formula is C9H15N3O. The minimum absolute atomic E-state index is 0.305. The highest BCUT2D eigenvalue weighted by molar-refractivity contribution is 5.58.